The highest BCUT2D eigenvalue weighted by atomic mass is 16.5. The smallest absolute Gasteiger partial charge is 0.135 e. The lowest BCUT2D eigenvalue weighted by Crippen LogP contribution is -2.24. The van der Waals surface area contributed by atoms with Crippen molar-refractivity contribution in [2.24, 2.45) is 0 Å². The van der Waals surface area contributed by atoms with Gasteiger partial charge in [-0.1, -0.05) is 74.5 Å². The van der Waals surface area contributed by atoms with Gasteiger partial charge in [0.15, 0.2) is 0 Å². The molecule has 1 atom stereocenters. The normalized spacial score (nSPS) is 12.6. The van der Waals surface area contributed by atoms with Gasteiger partial charge in [0.1, 0.15) is 11.4 Å². The Hall–Kier alpha value is -2.54. The molecule has 0 N–H and O–H groups in total. The van der Waals surface area contributed by atoms with Crippen LogP contribution in [0.1, 0.15) is 52.5 Å². The third-order valence-electron chi connectivity index (χ3n) is 4.87. The van der Waals surface area contributed by atoms with E-state index in [2.05, 4.69) is 107 Å². The van der Waals surface area contributed by atoms with E-state index in [9.17, 15) is 0 Å². The summed E-state index contributed by atoms with van der Waals surface area (Å²) in [6.07, 6.45) is 1.11. The number of ether oxygens (including phenoxy) is 1. The molecule has 27 heavy (non-hydrogen) atoms. The number of rotatable bonds is 5. The molecule has 3 rings (SSSR count). The molecule has 0 saturated carbocycles. The van der Waals surface area contributed by atoms with E-state index in [1.165, 1.54) is 27.8 Å². The van der Waals surface area contributed by atoms with E-state index in [1.54, 1.807) is 0 Å². The molecule has 0 bridgehead atoms. The lowest BCUT2D eigenvalue weighted by Gasteiger charge is -2.27. The molecule has 3 aromatic carbocycles. The van der Waals surface area contributed by atoms with Gasteiger partial charge in [-0.15, -0.1) is 0 Å². The Morgan fingerprint density at radius 3 is 1.59 bits per heavy atom. The predicted molar refractivity (Wildman–Crippen MR) is 116 cm³/mol. The predicted octanol–water partition coefficient (Wildman–Crippen LogP) is 7.71. The summed E-state index contributed by atoms with van der Waals surface area (Å²) < 4.78 is 6.54. The van der Waals surface area contributed by atoms with E-state index < -0.39 is 0 Å². The van der Waals surface area contributed by atoms with Crippen molar-refractivity contribution >= 4 is 0 Å². The molecule has 0 amide bonds. The van der Waals surface area contributed by atoms with Crippen LogP contribution in [0.2, 0.25) is 0 Å². The zero-order valence-electron chi connectivity index (χ0n) is 17.1. The van der Waals surface area contributed by atoms with Crippen LogP contribution in [0.4, 0.5) is 0 Å². The first-order valence-corrected chi connectivity index (χ1v) is 9.87. The molecule has 0 heterocycles. The van der Waals surface area contributed by atoms with E-state index >= 15 is 0 Å². The molecule has 1 nitrogen and oxygen atoms in total. The minimum absolute atomic E-state index is 0.273. The zero-order valence-corrected chi connectivity index (χ0v) is 17.1. The van der Waals surface area contributed by atoms with Crippen LogP contribution in [0.25, 0.3) is 22.3 Å². The number of hydrogen-bond acceptors (Lipinski definition) is 1. The third-order valence-corrected chi connectivity index (χ3v) is 4.87. The van der Waals surface area contributed by atoms with Crippen molar-refractivity contribution in [2.45, 2.75) is 52.6 Å². The monoisotopic (exact) mass is 358 g/mol. The van der Waals surface area contributed by atoms with Crippen molar-refractivity contribution in [1.82, 2.24) is 0 Å². The van der Waals surface area contributed by atoms with Crippen LogP contribution in [0.5, 0.6) is 5.75 Å². The molecule has 0 aromatic heterocycles. The maximum Gasteiger partial charge on any atom is 0.135 e. The van der Waals surface area contributed by atoms with Crippen molar-refractivity contribution in [2.75, 3.05) is 0 Å². The van der Waals surface area contributed by atoms with Gasteiger partial charge in [0.2, 0.25) is 0 Å². The summed E-state index contributed by atoms with van der Waals surface area (Å²) >= 11 is 0. The summed E-state index contributed by atoms with van der Waals surface area (Å²) in [6.45, 7) is 10.9. The standard InChI is InChI=1S/C26H30O/c1-6-19(2)22-17-23(20-13-9-7-10-14-20)25(27-26(3,4)5)24(18-22)21-15-11-8-12-16-21/h7-19H,6H2,1-5H3. The Labute approximate surface area is 164 Å². The summed E-state index contributed by atoms with van der Waals surface area (Å²) in [6, 6.07) is 25.8. The summed E-state index contributed by atoms with van der Waals surface area (Å²) in [5.74, 6) is 1.46. The zero-order chi connectivity index (χ0) is 19.4. The molecular formula is C26H30O. The summed E-state index contributed by atoms with van der Waals surface area (Å²) in [7, 11) is 0. The molecule has 1 heteroatoms. The van der Waals surface area contributed by atoms with E-state index in [0.717, 1.165) is 12.2 Å². The maximum absolute atomic E-state index is 6.54. The number of hydrogen-bond donors (Lipinski definition) is 0. The Kier molecular flexibility index (Phi) is 5.70. The Morgan fingerprint density at radius 2 is 1.22 bits per heavy atom. The molecule has 140 valence electrons. The van der Waals surface area contributed by atoms with E-state index in [1.807, 2.05) is 0 Å². The molecule has 0 spiro atoms. The van der Waals surface area contributed by atoms with Gasteiger partial charge in [0.05, 0.1) is 0 Å². The lowest BCUT2D eigenvalue weighted by molar-refractivity contribution is 0.132. The highest BCUT2D eigenvalue weighted by Gasteiger charge is 2.22. The van der Waals surface area contributed by atoms with Crippen molar-refractivity contribution in [3.63, 3.8) is 0 Å². The first-order valence-electron chi connectivity index (χ1n) is 9.87. The molecule has 0 radical (unpaired) electrons. The van der Waals surface area contributed by atoms with Gasteiger partial charge in [-0.25, -0.2) is 0 Å². The van der Waals surface area contributed by atoms with Crippen LogP contribution >= 0.6 is 0 Å². The van der Waals surface area contributed by atoms with Gasteiger partial charge in [-0.05, 0) is 61.9 Å². The number of benzene rings is 3. The molecule has 0 aliphatic rings. The lowest BCUT2D eigenvalue weighted by atomic mass is 9.89. The van der Waals surface area contributed by atoms with Crippen molar-refractivity contribution in [1.29, 1.82) is 0 Å². The SMILES string of the molecule is CCC(C)c1cc(-c2ccccc2)c(OC(C)(C)C)c(-c2ccccc2)c1. The largest absolute Gasteiger partial charge is 0.487 e. The minimum Gasteiger partial charge on any atom is -0.487 e. The van der Waals surface area contributed by atoms with Crippen LogP contribution in [0.15, 0.2) is 72.8 Å². The maximum atomic E-state index is 6.54. The van der Waals surface area contributed by atoms with Crippen LogP contribution in [0.3, 0.4) is 0 Å². The molecule has 0 aliphatic heterocycles. The second-order valence-corrected chi connectivity index (χ2v) is 8.20. The Morgan fingerprint density at radius 1 is 0.778 bits per heavy atom. The van der Waals surface area contributed by atoms with Crippen molar-refractivity contribution < 1.29 is 4.74 Å². The molecule has 1 unspecified atom stereocenters. The van der Waals surface area contributed by atoms with Gasteiger partial charge in [-0.2, -0.15) is 0 Å². The van der Waals surface area contributed by atoms with Gasteiger partial charge >= 0.3 is 0 Å². The third kappa shape index (κ3) is 4.60. The van der Waals surface area contributed by atoms with Gasteiger partial charge in [0, 0.05) is 11.1 Å². The minimum atomic E-state index is -0.273. The van der Waals surface area contributed by atoms with Gasteiger partial charge in [-0.3, -0.25) is 0 Å². The van der Waals surface area contributed by atoms with Gasteiger partial charge in [0.25, 0.3) is 0 Å². The average Bonchev–Trinajstić information content (AvgIpc) is 2.67. The molecule has 0 aliphatic carbocycles. The van der Waals surface area contributed by atoms with E-state index in [-0.39, 0.29) is 5.60 Å². The highest BCUT2D eigenvalue weighted by molar-refractivity contribution is 5.83. The van der Waals surface area contributed by atoms with Crippen molar-refractivity contribution in [3.05, 3.63) is 78.4 Å². The average molecular weight is 359 g/mol. The highest BCUT2D eigenvalue weighted by Crippen LogP contribution is 2.43. The quantitative estimate of drug-likeness (QED) is 0.454. The summed E-state index contributed by atoms with van der Waals surface area (Å²) in [4.78, 5) is 0. The van der Waals surface area contributed by atoms with Gasteiger partial charge < -0.3 is 4.74 Å². The second kappa shape index (κ2) is 8.00. The van der Waals surface area contributed by atoms with E-state index in [4.69, 9.17) is 4.74 Å². The topological polar surface area (TPSA) is 9.23 Å². The molecule has 0 fully saturated rings. The first kappa shape index (κ1) is 19.2. The first-order chi connectivity index (χ1) is 12.9. The molecule has 0 saturated heterocycles. The fourth-order valence-electron chi connectivity index (χ4n) is 3.25. The Balaban J connectivity index is 2.32. The van der Waals surface area contributed by atoms with E-state index in [0.29, 0.717) is 5.92 Å². The summed E-state index contributed by atoms with van der Waals surface area (Å²) in [5, 5.41) is 0. The van der Waals surface area contributed by atoms with Crippen LogP contribution in [-0.4, -0.2) is 5.60 Å². The van der Waals surface area contributed by atoms with Crippen LogP contribution in [-0.2, 0) is 0 Å². The van der Waals surface area contributed by atoms with Crippen molar-refractivity contribution in [3.8, 4) is 28.0 Å². The van der Waals surface area contributed by atoms with Crippen LogP contribution < -0.4 is 4.74 Å². The molecule has 3 aromatic rings. The molecular weight excluding hydrogens is 328 g/mol. The summed E-state index contributed by atoms with van der Waals surface area (Å²) in [5.41, 5.74) is 5.81. The van der Waals surface area contributed by atoms with Crippen LogP contribution in [0, 0.1) is 0 Å². The second-order valence-electron chi connectivity index (χ2n) is 8.20. The Bertz CT molecular complexity index is 813. The fourth-order valence-corrected chi connectivity index (χ4v) is 3.25. The fraction of sp³-hybridized carbons (Fsp3) is 0.308.